The van der Waals surface area contributed by atoms with Crippen LogP contribution >= 0.6 is 15.9 Å². The zero-order valence-electron chi connectivity index (χ0n) is 12.3. The lowest BCUT2D eigenvalue weighted by molar-refractivity contribution is 0.235. The average Bonchev–Trinajstić information content (AvgIpc) is 2.74. The Morgan fingerprint density at radius 2 is 2.26 bits per heavy atom. The summed E-state index contributed by atoms with van der Waals surface area (Å²) in [5, 5.41) is 7.92. The van der Waals surface area contributed by atoms with Crippen molar-refractivity contribution in [3.05, 3.63) is 16.4 Å². The molecule has 3 atom stereocenters. The minimum atomic E-state index is 0.639. The Kier molecular flexibility index (Phi) is 5.46. The number of aryl methyl sites for hydroxylation is 1. The average molecular weight is 328 g/mol. The molecule has 4 heteroatoms. The summed E-state index contributed by atoms with van der Waals surface area (Å²) in [7, 11) is 2.06. The Morgan fingerprint density at radius 3 is 2.95 bits per heavy atom. The fourth-order valence-corrected chi connectivity index (χ4v) is 4.01. The minimum absolute atomic E-state index is 0.639. The van der Waals surface area contributed by atoms with E-state index in [1.165, 1.54) is 29.4 Å². The largest absolute Gasteiger partial charge is 0.319 e. The molecule has 1 aromatic heterocycles. The van der Waals surface area contributed by atoms with Gasteiger partial charge < -0.3 is 5.32 Å². The molecule has 1 fully saturated rings. The van der Waals surface area contributed by atoms with Gasteiger partial charge in [0.15, 0.2) is 0 Å². The fraction of sp³-hybridized carbons (Fsp3) is 0.800. The molecule has 1 saturated carbocycles. The Morgan fingerprint density at radius 1 is 1.47 bits per heavy atom. The van der Waals surface area contributed by atoms with Gasteiger partial charge in [0.1, 0.15) is 0 Å². The first-order chi connectivity index (χ1) is 9.17. The SMILES string of the molecule is CCCn1ncc(Br)c1C1CC(C)CCC1CNC. The van der Waals surface area contributed by atoms with Gasteiger partial charge in [-0.25, -0.2) is 0 Å². The van der Waals surface area contributed by atoms with Gasteiger partial charge in [0.05, 0.1) is 16.4 Å². The summed E-state index contributed by atoms with van der Waals surface area (Å²) in [5.74, 6) is 2.21. The highest BCUT2D eigenvalue weighted by molar-refractivity contribution is 9.10. The Bertz CT molecular complexity index is 402. The van der Waals surface area contributed by atoms with E-state index in [9.17, 15) is 0 Å². The molecule has 0 saturated heterocycles. The smallest absolute Gasteiger partial charge is 0.0635 e. The molecule has 2 rings (SSSR count). The molecule has 0 amide bonds. The van der Waals surface area contributed by atoms with E-state index in [0.29, 0.717) is 5.92 Å². The van der Waals surface area contributed by atoms with Crippen LogP contribution in [-0.2, 0) is 6.54 Å². The van der Waals surface area contributed by atoms with Gasteiger partial charge in [-0.3, -0.25) is 4.68 Å². The predicted octanol–water partition coefficient (Wildman–Crippen LogP) is 3.79. The van der Waals surface area contributed by atoms with Gasteiger partial charge in [-0.2, -0.15) is 5.10 Å². The summed E-state index contributed by atoms with van der Waals surface area (Å²) in [4.78, 5) is 0. The third-order valence-corrected chi connectivity index (χ3v) is 4.95. The summed E-state index contributed by atoms with van der Waals surface area (Å²) in [6.45, 7) is 6.74. The second kappa shape index (κ2) is 6.89. The van der Waals surface area contributed by atoms with Crippen LogP contribution in [0.2, 0.25) is 0 Å². The second-order valence-electron chi connectivity index (χ2n) is 5.94. The number of rotatable bonds is 5. The summed E-state index contributed by atoms with van der Waals surface area (Å²) in [6, 6.07) is 0. The molecule has 1 heterocycles. The number of hydrogen-bond donors (Lipinski definition) is 1. The number of nitrogens with zero attached hydrogens (tertiary/aromatic N) is 2. The number of aromatic nitrogens is 2. The number of halogens is 1. The first-order valence-corrected chi connectivity index (χ1v) is 8.32. The molecular weight excluding hydrogens is 302 g/mol. The molecule has 3 unspecified atom stereocenters. The highest BCUT2D eigenvalue weighted by Crippen LogP contribution is 2.42. The highest BCUT2D eigenvalue weighted by Gasteiger charge is 2.32. The van der Waals surface area contributed by atoms with Crippen LogP contribution in [0.1, 0.15) is 51.1 Å². The molecule has 0 aliphatic heterocycles. The second-order valence-corrected chi connectivity index (χ2v) is 6.80. The van der Waals surface area contributed by atoms with Crippen molar-refractivity contribution in [2.45, 2.75) is 52.0 Å². The quantitative estimate of drug-likeness (QED) is 0.891. The predicted molar refractivity (Wildman–Crippen MR) is 83.4 cm³/mol. The first kappa shape index (κ1) is 15.0. The van der Waals surface area contributed by atoms with Crippen molar-refractivity contribution in [2.75, 3.05) is 13.6 Å². The van der Waals surface area contributed by atoms with E-state index in [1.807, 2.05) is 6.20 Å². The third kappa shape index (κ3) is 3.40. The maximum absolute atomic E-state index is 4.55. The van der Waals surface area contributed by atoms with E-state index in [0.717, 1.165) is 31.3 Å². The van der Waals surface area contributed by atoms with Crippen molar-refractivity contribution < 1.29 is 0 Å². The fourth-order valence-electron chi connectivity index (χ4n) is 3.42. The molecule has 108 valence electrons. The van der Waals surface area contributed by atoms with E-state index >= 15 is 0 Å². The Hall–Kier alpha value is -0.350. The molecule has 0 bridgehead atoms. The van der Waals surface area contributed by atoms with Gasteiger partial charge in [-0.1, -0.05) is 20.3 Å². The lowest BCUT2D eigenvalue weighted by atomic mass is 9.73. The van der Waals surface area contributed by atoms with Crippen LogP contribution in [0.15, 0.2) is 10.7 Å². The van der Waals surface area contributed by atoms with E-state index in [2.05, 4.69) is 51.9 Å². The van der Waals surface area contributed by atoms with E-state index in [4.69, 9.17) is 0 Å². The molecule has 0 aromatic carbocycles. The van der Waals surface area contributed by atoms with Gasteiger partial charge in [-0.05, 0) is 60.6 Å². The third-order valence-electron chi connectivity index (χ3n) is 4.34. The highest BCUT2D eigenvalue weighted by atomic mass is 79.9. The normalized spacial score (nSPS) is 27.7. The van der Waals surface area contributed by atoms with Crippen LogP contribution in [0.3, 0.4) is 0 Å². The minimum Gasteiger partial charge on any atom is -0.319 e. The van der Waals surface area contributed by atoms with Gasteiger partial charge in [0.25, 0.3) is 0 Å². The molecule has 0 spiro atoms. The van der Waals surface area contributed by atoms with Gasteiger partial charge >= 0.3 is 0 Å². The molecule has 0 radical (unpaired) electrons. The topological polar surface area (TPSA) is 29.9 Å². The van der Waals surface area contributed by atoms with Gasteiger partial charge in [0.2, 0.25) is 0 Å². The van der Waals surface area contributed by atoms with Crippen LogP contribution in [0, 0.1) is 11.8 Å². The lowest BCUT2D eigenvalue weighted by Gasteiger charge is -2.35. The number of nitrogens with one attached hydrogen (secondary N) is 1. The zero-order valence-corrected chi connectivity index (χ0v) is 13.9. The molecule has 1 aliphatic carbocycles. The first-order valence-electron chi connectivity index (χ1n) is 7.53. The van der Waals surface area contributed by atoms with Crippen molar-refractivity contribution in [3.8, 4) is 0 Å². The van der Waals surface area contributed by atoms with Gasteiger partial charge in [0, 0.05) is 12.5 Å². The van der Waals surface area contributed by atoms with E-state index in [1.54, 1.807) is 0 Å². The summed E-state index contributed by atoms with van der Waals surface area (Å²) in [5.41, 5.74) is 1.42. The molecule has 1 aromatic rings. The molecule has 19 heavy (non-hydrogen) atoms. The Balaban J connectivity index is 2.27. The van der Waals surface area contributed by atoms with Crippen LogP contribution in [0.4, 0.5) is 0 Å². The van der Waals surface area contributed by atoms with Crippen molar-refractivity contribution in [1.29, 1.82) is 0 Å². The summed E-state index contributed by atoms with van der Waals surface area (Å²) in [6.07, 6.45) is 7.10. The monoisotopic (exact) mass is 327 g/mol. The van der Waals surface area contributed by atoms with Crippen molar-refractivity contribution in [1.82, 2.24) is 15.1 Å². The number of hydrogen-bond acceptors (Lipinski definition) is 2. The lowest BCUT2D eigenvalue weighted by Crippen LogP contribution is -2.31. The van der Waals surface area contributed by atoms with Gasteiger partial charge in [-0.15, -0.1) is 0 Å². The molecule has 3 nitrogen and oxygen atoms in total. The summed E-state index contributed by atoms with van der Waals surface area (Å²) < 4.78 is 3.41. The standard InChI is InChI=1S/C15H26BrN3/c1-4-7-19-15(14(16)10-18-19)13-8-11(2)5-6-12(13)9-17-3/h10-13,17H,4-9H2,1-3H3. The van der Waals surface area contributed by atoms with Crippen LogP contribution < -0.4 is 5.32 Å². The van der Waals surface area contributed by atoms with Crippen molar-refractivity contribution >= 4 is 15.9 Å². The van der Waals surface area contributed by atoms with Crippen molar-refractivity contribution in [3.63, 3.8) is 0 Å². The molecular formula is C15H26BrN3. The molecule has 1 aliphatic rings. The van der Waals surface area contributed by atoms with E-state index in [-0.39, 0.29) is 0 Å². The Labute approximate surface area is 125 Å². The molecule has 1 N–H and O–H groups in total. The van der Waals surface area contributed by atoms with Crippen molar-refractivity contribution in [2.24, 2.45) is 11.8 Å². The summed E-state index contributed by atoms with van der Waals surface area (Å²) >= 11 is 3.72. The maximum atomic E-state index is 4.55. The maximum Gasteiger partial charge on any atom is 0.0635 e. The zero-order chi connectivity index (χ0) is 13.8. The van der Waals surface area contributed by atoms with Crippen LogP contribution in [-0.4, -0.2) is 23.4 Å². The van der Waals surface area contributed by atoms with Crippen LogP contribution in [0.25, 0.3) is 0 Å². The van der Waals surface area contributed by atoms with E-state index < -0.39 is 0 Å². The van der Waals surface area contributed by atoms with Crippen LogP contribution in [0.5, 0.6) is 0 Å².